The number of hydrogen-bond donors (Lipinski definition) is 1. The molecule has 1 aromatic rings. The Morgan fingerprint density at radius 1 is 1.33 bits per heavy atom. The summed E-state index contributed by atoms with van der Waals surface area (Å²) in [5.41, 5.74) is -0.109. The van der Waals surface area contributed by atoms with E-state index in [9.17, 15) is 13.6 Å². The summed E-state index contributed by atoms with van der Waals surface area (Å²) in [5.74, 6) is -1.80. The average molecular weight is 255 g/mol. The van der Waals surface area contributed by atoms with Crippen molar-refractivity contribution in [3.8, 4) is 0 Å². The maximum absolute atomic E-state index is 13.6. The molecule has 5 heteroatoms. The molecule has 0 aromatic heterocycles. The molecule has 0 bridgehead atoms. The van der Waals surface area contributed by atoms with Gasteiger partial charge in [0, 0.05) is 12.1 Å². The zero-order valence-electron chi connectivity index (χ0n) is 10.3. The molecular weight excluding hydrogens is 240 g/mol. The molecule has 1 aliphatic carbocycles. The van der Waals surface area contributed by atoms with Crippen LogP contribution in [0.3, 0.4) is 0 Å². The zero-order chi connectivity index (χ0) is 13.3. The van der Waals surface area contributed by atoms with Gasteiger partial charge in [-0.3, -0.25) is 0 Å². The summed E-state index contributed by atoms with van der Waals surface area (Å²) in [6.07, 6.45) is 1.90. The maximum Gasteiger partial charge on any atom is 0.340 e. The number of rotatable bonds is 3. The van der Waals surface area contributed by atoms with Crippen LogP contribution in [0, 0.1) is 17.6 Å². The fourth-order valence-corrected chi connectivity index (χ4v) is 2.17. The van der Waals surface area contributed by atoms with Gasteiger partial charge in [0.2, 0.25) is 0 Å². The quantitative estimate of drug-likeness (QED) is 0.844. The number of benzene rings is 1. The first-order valence-corrected chi connectivity index (χ1v) is 5.85. The normalized spacial score (nSPS) is 22.2. The van der Waals surface area contributed by atoms with Crippen LogP contribution in [0.5, 0.6) is 0 Å². The van der Waals surface area contributed by atoms with Crippen LogP contribution in [-0.2, 0) is 4.74 Å². The summed E-state index contributed by atoms with van der Waals surface area (Å²) in [5, 5.41) is 2.97. The number of nitrogens with one attached hydrogen (secondary N) is 1. The van der Waals surface area contributed by atoms with Gasteiger partial charge < -0.3 is 10.1 Å². The molecule has 1 fully saturated rings. The van der Waals surface area contributed by atoms with Gasteiger partial charge in [-0.2, -0.15) is 0 Å². The van der Waals surface area contributed by atoms with Crippen molar-refractivity contribution in [2.75, 3.05) is 12.4 Å². The second-order valence-corrected chi connectivity index (χ2v) is 4.72. The third-order valence-corrected chi connectivity index (χ3v) is 3.20. The minimum Gasteiger partial charge on any atom is -0.465 e. The van der Waals surface area contributed by atoms with E-state index < -0.39 is 17.6 Å². The molecule has 98 valence electrons. The Morgan fingerprint density at radius 3 is 2.56 bits per heavy atom. The topological polar surface area (TPSA) is 38.3 Å². The largest absolute Gasteiger partial charge is 0.465 e. The lowest BCUT2D eigenvalue weighted by atomic mass is 9.82. The van der Waals surface area contributed by atoms with Crippen LogP contribution in [0.1, 0.15) is 30.1 Å². The van der Waals surface area contributed by atoms with Gasteiger partial charge in [-0.15, -0.1) is 0 Å². The molecule has 1 saturated carbocycles. The van der Waals surface area contributed by atoms with Crippen LogP contribution in [-0.4, -0.2) is 19.1 Å². The molecule has 0 spiro atoms. The summed E-state index contributed by atoms with van der Waals surface area (Å²) in [4.78, 5) is 11.3. The Kier molecular flexibility index (Phi) is 3.50. The minimum absolute atomic E-state index is 0.147. The lowest BCUT2D eigenvalue weighted by Gasteiger charge is -2.34. The molecule has 0 saturated heterocycles. The Bertz CT molecular complexity index is 470. The van der Waals surface area contributed by atoms with E-state index in [1.807, 2.05) is 0 Å². The number of carbonyl (C=O) groups is 1. The molecule has 1 aromatic carbocycles. The predicted molar refractivity (Wildman–Crippen MR) is 63.5 cm³/mol. The third-order valence-electron chi connectivity index (χ3n) is 3.20. The van der Waals surface area contributed by atoms with Crippen molar-refractivity contribution >= 4 is 11.7 Å². The lowest BCUT2D eigenvalue weighted by Crippen LogP contribution is -2.34. The number of carbonyl (C=O) groups excluding carboxylic acids is 1. The van der Waals surface area contributed by atoms with Crippen molar-refractivity contribution in [2.45, 2.75) is 25.8 Å². The van der Waals surface area contributed by atoms with E-state index in [-0.39, 0.29) is 17.3 Å². The standard InChI is InChI=1S/C13H15F2NO2/c1-7-3-8(4-7)16-12-5-9(13(17)18-2)10(14)6-11(12)15/h5-8,16H,3-4H2,1-2H3. The summed E-state index contributed by atoms with van der Waals surface area (Å²) >= 11 is 0. The van der Waals surface area contributed by atoms with Gasteiger partial charge in [0.15, 0.2) is 0 Å². The van der Waals surface area contributed by atoms with Crippen LogP contribution in [0.2, 0.25) is 0 Å². The average Bonchev–Trinajstić information content (AvgIpc) is 2.29. The van der Waals surface area contributed by atoms with Gasteiger partial charge >= 0.3 is 5.97 Å². The van der Waals surface area contributed by atoms with Gasteiger partial charge in [0.25, 0.3) is 0 Å². The van der Waals surface area contributed by atoms with E-state index in [4.69, 9.17) is 0 Å². The Labute approximate surface area is 104 Å². The van der Waals surface area contributed by atoms with E-state index in [1.165, 1.54) is 6.07 Å². The minimum atomic E-state index is -0.910. The van der Waals surface area contributed by atoms with Crippen LogP contribution in [0.25, 0.3) is 0 Å². The molecule has 3 nitrogen and oxygen atoms in total. The second kappa shape index (κ2) is 4.92. The summed E-state index contributed by atoms with van der Waals surface area (Å²) in [6, 6.07) is 2.06. The van der Waals surface area contributed by atoms with E-state index >= 15 is 0 Å². The zero-order valence-corrected chi connectivity index (χ0v) is 10.3. The van der Waals surface area contributed by atoms with Gasteiger partial charge in [0.1, 0.15) is 11.6 Å². The fraction of sp³-hybridized carbons (Fsp3) is 0.462. The highest BCUT2D eigenvalue weighted by Gasteiger charge is 2.26. The summed E-state index contributed by atoms with van der Waals surface area (Å²) < 4.78 is 31.4. The summed E-state index contributed by atoms with van der Waals surface area (Å²) in [6.45, 7) is 2.11. The monoisotopic (exact) mass is 255 g/mol. The van der Waals surface area contributed by atoms with Gasteiger partial charge in [-0.05, 0) is 24.8 Å². The first kappa shape index (κ1) is 12.8. The van der Waals surface area contributed by atoms with Crippen molar-refractivity contribution in [1.29, 1.82) is 0 Å². The Hall–Kier alpha value is -1.65. The molecule has 0 unspecified atom stereocenters. The van der Waals surface area contributed by atoms with Crippen molar-refractivity contribution in [2.24, 2.45) is 5.92 Å². The van der Waals surface area contributed by atoms with Crippen molar-refractivity contribution in [3.05, 3.63) is 29.3 Å². The van der Waals surface area contributed by atoms with E-state index in [1.54, 1.807) is 0 Å². The first-order chi connectivity index (χ1) is 8.51. The van der Waals surface area contributed by atoms with Crippen molar-refractivity contribution < 1.29 is 18.3 Å². The lowest BCUT2D eigenvalue weighted by molar-refractivity contribution is 0.0595. The highest BCUT2D eigenvalue weighted by Crippen LogP contribution is 2.31. The number of anilines is 1. The number of ether oxygens (including phenoxy) is 1. The Morgan fingerprint density at radius 2 is 2.00 bits per heavy atom. The molecular formula is C13H15F2NO2. The van der Waals surface area contributed by atoms with Crippen LogP contribution < -0.4 is 5.32 Å². The predicted octanol–water partition coefficient (Wildman–Crippen LogP) is 2.96. The van der Waals surface area contributed by atoms with Crippen LogP contribution >= 0.6 is 0 Å². The maximum atomic E-state index is 13.6. The number of halogens is 2. The molecule has 0 aliphatic heterocycles. The van der Waals surface area contributed by atoms with Gasteiger partial charge in [-0.25, -0.2) is 13.6 Å². The molecule has 0 amide bonds. The van der Waals surface area contributed by atoms with E-state index in [2.05, 4.69) is 17.0 Å². The molecule has 0 atom stereocenters. The Balaban J connectivity index is 2.21. The highest BCUT2D eigenvalue weighted by molar-refractivity contribution is 5.90. The molecule has 2 rings (SSSR count). The molecule has 0 radical (unpaired) electrons. The SMILES string of the molecule is COC(=O)c1cc(NC2CC(C)C2)c(F)cc1F. The molecule has 1 aliphatic rings. The second-order valence-electron chi connectivity index (χ2n) is 4.72. The van der Waals surface area contributed by atoms with Gasteiger partial charge in [-0.1, -0.05) is 6.92 Å². The van der Waals surface area contributed by atoms with E-state index in [0.717, 1.165) is 20.0 Å². The number of hydrogen-bond acceptors (Lipinski definition) is 3. The van der Waals surface area contributed by atoms with Crippen molar-refractivity contribution in [1.82, 2.24) is 0 Å². The molecule has 18 heavy (non-hydrogen) atoms. The van der Waals surface area contributed by atoms with E-state index in [0.29, 0.717) is 12.0 Å². The summed E-state index contributed by atoms with van der Waals surface area (Å²) in [7, 11) is 1.16. The molecule has 0 heterocycles. The number of esters is 1. The van der Waals surface area contributed by atoms with Crippen LogP contribution in [0.4, 0.5) is 14.5 Å². The first-order valence-electron chi connectivity index (χ1n) is 5.85. The smallest absolute Gasteiger partial charge is 0.340 e. The highest BCUT2D eigenvalue weighted by atomic mass is 19.1. The fourth-order valence-electron chi connectivity index (χ4n) is 2.17. The third kappa shape index (κ3) is 2.44. The molecule has 1 N–H and O–H groups in total. The van der Waals surface area contributed by atoms with Crippen molar-refractivity contribution in [3.63, 3.8) is 0 Å². The number of methoxy groups -OCH3 is 1. The van der Waals surface area contributed by atoms with Crippen LogP contribution in [0.15, 0.2) is 12.1 Å². The van der Waals surface area contributed by atoms with Gasteiger partial charge in [0.05, 0.1) is 18.4 Å².